The zero-order valence-electron chi connectivity index (χ0n) is 18.1. The van der Waals surface area contributed by atoms with E-state index in [-0.39, 0.29) is 16.9 Å². The average Bonchev–Trinajstić information content (AvgIpc) is 3.22. The van der Waals surface area contributed by atoms with Gasteiger partial charge in [-0.25, -0.2) is 4.98 Å². The second-order valence-corrected chi connectivity index (χ2v) is 11.7. The van der Waals surface area contributed by atoms with E-state index in [1.54, 1.807) is 11.8 Å². The second-order valence-electron chi connectivity index (χ2n) is 10.8. The molecule has 160 valence electrons. The lowest BCUT2D eigenvalue weighted by molar-refractivity contribution is -0.113. The molecule has 0 amide bonds. The zero-order chi connectivity index (χ0) is 20.4. The summed E-state index contributed by atoms with van der Waals surface area (Å²) in [5.41, 5.74) is 1.20. The number of aliphatic hydroxyl groups excluding tert-OH is 1. The average molecular weight is 417 g/mol. The van der Waals surface area contributed by atoms with Crippen molar-refractivity contribution in [3.8, 4) is 0 Å². The molecule has 0 spiro atoms. The van der Waals surface area contributed by atoms with Crippen LogP contribution in [0.1, 0.15) is 65.2 Å². The summed E-state index contributed by atoms with van der Waals surface area (Å²) in [6.45, 7) is 4.86. The van der Waals surface area contributed by atoms with Gasteiger partial charge in [-0.1, -0.05) is 37.3 Å². The molecule has 4 nitrogen and oxygen atoms in total. The third-order valence-corrected chi connectivity index (χ3v) is 10.9. The predicted octanol–water partition coefficient (Wildman–Crippen LogP) is 4.57. The number of fused-ring (bicyclic) bond motifs is 5. The van der Waals surface area contributed by atoms with Gasteiger partial charge in [0.1, 0.15) is 0 Å². The monoisotopic (exact) mass is 416 g/mol. The van der Waals surface area contributed by atoms with Gasteiger partial charge >= 0.3 is 0 Å². The highest BCUT2D eigenvalue weighted by Gasteiger charge is 2.63. The smallest absolute Gasteiger partial charge is 0.167 e. The first kappa shape index (κ1) is 20.1. The van der Waals surface area contributed by atoms with Crippen molar-refractivity contribution in [1.82, 2.24) is 9.55 Å². The Balaban J connectivity index is 1.39. The zero-order valence-corrected chi connectivity index (χ0v) is 18.9. The lowest BCUT2D eigenvalue weighted by atomic mass is 9.47. The van der Waals surface area contributed by atoms with E-state index in [0.29, 0.717) is 11.8 Å². The molecule has 0 saturated heterocycles. The standard InChI is InChI=1S/C24H36N2O2S/c1-22-9-6-17(27)14-16(22)4-5-18-19(22)7-10-23(2)20(18)8-11-24(23,28)15-29-21-25-12-13-26(21)3/h4,12-13,17-20,27-28H,5-11,14-15H2,1-3H3/t17?,18?,19?,20?,22?,23?,24-/m1/s1. The van der Waals surface area contributed by atoms with Gasteiger partial charge in [0, 0.05) is 30.6 Å². The largest absolute Gasteiger partial charge is 0.393 e. The molecule has 4 aliphatic rings. The lowest BCUT2D eigenvalue weighted by Crippen LogP contribution is -2.55. The summed E-state index contributed by atoms with van der Waals surface area (Å²) in [4.78, 5) is 4.45. The van der Waals surface area contributed by atoms with Gasteiger partial charge in [-0.05, 0) is 74.5 Å². The van der Waals surface area contributed by atoms with E-state index in [2.05, 4.69) is 24.9 Å². The highest BCUT2D eigenvalue weighted by molar-refractivity contribution is 7.99. The van der Waals surface area contributed by atoms with Crippen LogP contribution in [0.25, 0.3) is 0 Å². The first-order valence-electron chi connectivity index (χ1n) is 11.5. The molecule has 7 atom stereocenters. The topological polar surface area (TPSA) is 58.3 Å². The van der Waals surface area contributed by atoms with Gasteiger partial charge in [0.15, 0.2) is 5.16 Å². The molecule has 0 radical (unpaired) electrons. The maximum Gasteiger partial charge on any atom is 0.167 e. The normalized spacial score (nSPS) is 46.6. The van der Waals surface area contributed by atoms with Crippen LogP contribution in [0.2, 0.25) is 0 Å². The summed E-state index contributed by atoms with van der Waals surface area (Å²) < 4.78 is 2.05. The van der Waals surface area contributed by atoms with E-state index in [1.165, 1.54) is 12.0 Å². The first-order chi connectivity index (χ1) is 13.8. The summed E-state index contributed by atoms with van der Waals surface area (Å²) in [7, 11) is 2.03. The molecule has 29 heavy (non-hydrogen) atoms. The minimum Gasteiger partial charge on any atom is -0.393 e. The molecule has 0 bridgehead atoms. The molecule has 1 aromatic rings. The van der Waals surface area contributed by atoms with Crippen molar-refractivity contribution >= 4 is 11.8 Å². The highest BCUT2D eigenvalue weighted by atomic mass is 32.2. The number of nitrogens with zero attached hydrogens (tertiary/aromatic N) is 2. The number of hydrogen-bond donors (Lipinski definition) is 2. The molecule has 3 saturated carbocycles. The molecule has 0 aliphatic heterocycles. The predicted molar refractivity (Wildman–Crippen MR) is 117 cm³/mol. The van der Waals surface area contributed by atoms with Crippen LogP contribution in [0.3, 0.4) is 0 Å². The Morgan fingerprint density at radius 1 is 1.17 bits per heavy atom. The molecule has 4 aliphatic carbocycles. The fourth-order valence-electron chi connectivity index (χ4n) is 7.66. The summed E-state index contributed by atoms with van der Waals surface area (Å²) in [5.74, 6) is 2.75. The Bertz CT molecular complexity index is 822. The van der Waals surface area contributed by atoms with Crippen LogP contribution >= 0.6 is 11.8 Å². The van der Waals surface area contributed by atoms with Gasteiger partial charge in [-0.2, -0.15) is 0 Å². The van der Waals surface area contributed by atoms with E-state index in [4.69, 9.17) is 0 Å². The van der Waals surface area contributed by atoms with Crippen molar-refractivity contribution in [3.05, 3.63) is 24.0 Å². The van der Waals surface area contributed by atoms with Crippen molar-refractivity contribution in [1.29, 1.82) is 0 Å². The van der Waals surface area contributed by atoms with Crippen molar-refractivity contribution < 1.29 is 10.2 Å². The molecule has 5 rings (SSSR count). The first-order valence-corrected chi connectivity index (χ1v) is 12.5. The van der Waals surface area contributed by atoms with Crippen LogP contribution in [0.5, 0.6) is 0 Å². The number of hydrogen-bond acceptors (Lipinski definition) is 4. The Hall–Kier alpha value is -0.780. The lowest BCUT2D eigenvalue weighted by Gasteiger charge is -2.59. The minimum absolute atomic E-state index is 0.00220. The van der Waals surface area contributed by atoms with E-state index in [1.807, 2.05) is 24.0 Å². The number of thioether (sulfide) groups is 1. The van der Waals surface area contributed by atoms with E-state index >= 15 is 0 Å². The number of aryl methyl sites for hydroxylation is 1. The summed E-state index contributed by atoms with van der Waals surface area (Å²) in [6.07, 6.45) is 14.7. The summed E-state index contributed by atoms with van der Waals surface area (Å²) in [6, 6.07) is 0. The third kappa shape index (κ3) is 2.90. The molecule has 5 heteroatoms. The number of imidazole rings is 1. The summed E-state index contributed by atoms with van der Waals surface area (Å²) in [5, 5.41) is 23.0. The SMILES string of the molecule is Cn1ccnc1SC[C@]1(O)CCC2C3CC=C4CC(O)CCC4(C)C3CCC21C. The van der Waals surface area contributed by atoms with Crippen LogP contribution in [0.4, 0.5) is 0 Å². The van der Waals surface area contributed by atoms with Crippen LogP contribution in [-0.2, 0) is 7.05 Å². The van der Waals surface area contributed by atoms with Crippen molar-refractivity contribution in [2.75, 3.05) is 5.75 Å². The van der Waals surface area contributed by atoms with Gasteiger partial charge in [-0.15, -0.1) is 0 Å². The van der Waals surface area contributed by atoms with Crippen molar-refractivity contribution in [2.24, 2.45) is 35.6 Å². The van der Waals surface area contributed by atoms with Gasteiger partial charge in [0.25, 0.3) is 0 Å². The number of aliphatic hydroxyl groups is 2. The quantitative estimate of drug-likeness (QED) is 0.560. The van der Waals surface area contributed by atoms with Gasteiger partial charge in [-0.3, -0.25) is 0 Å². The Morgan fingerprint density at radius 2 is 1.97 bits per heavy atom. The molecule has 0 aromatic carbocycles. The molecule has 3 fully saturated rings. The van der Waals surface area contributed by atoms with Crippen LogP contribution in [-0.4, -0.2) is 37.2 Å². The Morgan fingerprint density at radius 3 is 2.72 bits per heavy atom. The Kier molecular flexibility index (Phi) is 4.77. The number of aromatic nitrogens is 2. The van der Waals surface area contributed by atoms with Crippen LogP contribution < -0.4 is 0 Å². The van der Waals surface area contributed by atoms with Crippen LogP contribution in [0.15, 0.2) is 29.2 Å². The van der Waals surface area contributed by atoms with Crippen LogP contribution in [0, 0.1) is 28.6 Å². The van der Waals surface area contributed by atoms with Crippen molar-refractivity contribution in [2.45, 2.75) is 82.1 Å². The van der Waals surface area contributed by atoms with E-state index in [0.717, 1.165) is 61.8 Å². The minimum atomic E-state index is -0.604. The number of rotatable bonds is 3. The van der Waals surface area contributed by atoms with Gasteiger partial charge in [0.05, 0.1) is 11.7 Å². The molecule has 2 N–H and O–H groups in total. The van der Waals surface area contributed by atoms with E-state index < -0.39 is 5.60 Å². The second kappa shape index (κ2) is 6.86. The number of allylic oxidation sites excluding steroid dienone is 1. The highest BCUT2D eigenvalue weighted by Crippen LogP contribution is 2.67. The fraction of sp³-hybridized carbons (Fsp3) is 0.792. The molecular weight excluding hydrogens is 380 g/mol. The molecule has 1 heterocycles. The maximum atomic E-state index is 11.9. The van der Waals surface area contributed by atoms with Gasteiger partial charge < -0.3 is 14.8 Å². The fourth-order valence-corrected chi connectivity index (χ4v) is 8.91. The molecule has 1 aromatic heterocycles. The van der Waals surface area contributed by atoms with Gasteiger partial charge in [0.2, 0.25) is 0 Å². The Labute approximate surface area is 179 Å². The third-order valence-electron chi connectivity index (χ3n) is 9.62. The molecule has 6 unspecified atom stereocenters. The summed E-state index contributed by atoms with van der Waals surface area (Å²) >= 11 is 1.71. The van der Waals surface area contributed by atoms with E-state index in [9.17, 15) is 10.2 Å². The molecular formula is C24H36N2O2S. The van der Waals surface area contributed by atoms with Crippen molar-refractivity contribution in [3.63, 3.8) is 0 Å². The maximum absolute atomic E-state index is 11.9.